The van der Waals surface area contributed by atoms with Crippen molar-refractivity contribution in [3.05, 3.63) is 45.6 Å². The monoisotopic (exact) mass is 337 g/mol. The molecule has 0 aliphatic rings. The molecule has 2 N–H and O–H groups in total. The van der Waals surface area contributed by atoms with Crippen LogP contribution in [0.2, 0.25) is 0 Å². The normalized spacial score (nSPS) is 11.1. The van der Waals surface area contributed by atoms with Crippen LogP contribution in [0.1, 0.15) is 11.3 Å². The average Bonchev–Trinajstić information content (AvgIpc) is 2.87. The van der Waals surface area contributed by atoms with E-state index in [1.54, 1.807) is 11.3 Å². The van der Waals surface area contributed by atoms with E-state index in [-0.39, 0.29) is 0 Å². The van der Waals surface area contributed by atoms with Crippen LogP contribution in [0, 0.1) is 6.92 Å². The lowest BCUT2D eigenvalue weighted by Gasteiger charge is -2.11. The summed E-state index contributed by atoms with van der Waals surface area (Å²) in [6.07, 6.45) is 3.95. The van der Waals surface area contributed by atoms with Crippen molar-refractivity contribution in [3.8, 4) is 5.75 Å². The Bertz CT molecular complexity index is 683. The fourth-order valence-corrected chi connectivity index (χ4v) is 3.25. The number of fused-ring (bicyclic) bond motifs is 1. The van der Waals surface area contributed by atoms with Crippen LogP contribution >= 0.6 is 27.3 Å². The van der Waals surface area contributed by atoms with Gasteiger partial charge in [0.15, 0.2) is 4.96 Å². The number of hydrogen-bond acceptors (Lipinski definition) is 4. The van der Waals surface area contributed by atoms with Crippen LogP contribution < -0.4 is 10.5 Å². The Kier molecular flexibility index (Phi) is 3.20. The Hall–Kier alpha value is -1.53. The van der Waals surface area contributed by atoms with Gasteiger partial charge >= 0.3 is 0 Å². The molecular weight excluding hydrogens is 326 g/mol. The zero-order valence-electron chi connectivity index (χ0n) is 10.3. The minimum absolute atomic E-state index is 0.418. The van der Waals surface area contributed by atoms with E-state index in [0.717, 1.165) is 26.4 Å². The fraction of sp³-hybridized carbons (Fsp3) is 0.154. The maximum atomic E-state index is 5.96. The maximum absolute atomic E-state index is 5.96. The van der Waals surface area contributed by atoms with Crippen molar-refractivity contribution in [2.24, 2.45) is 0 Å². The van der Waals surface area contributed by atoms with Crippen LogP contribution in [0.15, 0.2) is 34.4 Å². The number of anilines is 1. The molecule has 19 heavy (non-hydrogen) atoms. The highest BCUT2D eigenvalue weighted by atomic mass is 79.9. The van der Waals surface area contributed by atoms with Gasteiger partial charge in [-0.15, -0.1) is 11.3 Å². The molecule has 0 saturated heterocycles. The van der Waals surface area contributed by atoms with Crippen LogP contribution in [0.4, 0.5) is 5.69 Å². The molecule has 0 bridgehead atoms. The molecule has 0 unspecified atom stereocenters. The average molecular weight is 338 g/mol. The summed E-state index contributed by atoms with van der Waals surface area (Å²) in [5, 5.41) is 2.00. The largest absolute Gasteiger partial charge is 0.485 e. The molecule has 0 atom stereocenters. The van der Waals surface area contributed by atoms with E-state index < -0.39 is 0 Å². The number of nitrogens with two attached hydrogens (primary N) is 1. The number of hydrogen-bond donors (Lipinski definition) is 1. The number of imidazole rings is 1. The van der Waals surface area contributed by atoms with Crippen LogP contribution in [-0.4, -0.2) is 9.38 Å². The van der Waals surface area contributed by atoms with E-state index in [4.69, 9.17) is 10.5 Å². The topological polar surface area (TPSA) is 52.5 Å². The molecule has 2 aromatic heterocycles. The predicted molar refractivity (Wildman–Crippen MR) is 80.7 cm³/mol. The highest BCUT2D eigenvalue weighted by Gasteiger charge is 2.08. The van der Waals surface area contributed by atoms with E-state index in [2.05, 4.69) is 20.9 Å². The van der Waals surface area contributed by atoms with Gasteiger partial charge in [-0.3, -0.25) is 4.40 Å². The van der Waals surface area contributed by atoms with Crippen molar-refractivity contribution in [2.45, 2.75) is 13.5 Å². The van der Waals surface area contributed by atoms with Crippen molar-refractivity contribution >= 4 is 37.9 Å². The summed E-state index contributed by atoms with van der Waals surface area (Å²) in [6.45, 7) is 2.39. The number of nitrogen functional groups attached to an aromatic ring is 1. The Morgan fingerprint density at radius 1 is 1.47 bits per heavy atom. The minimum atomic E-state index is 0.418. The van der Waals surface area contributed by atoms with Crippen LogP contribution in [0.3, 0.4) is 0 Å². The SMILES string of the molecule is Cc1cc(Br)cc(N)c1OCc1cn2ccsc2n1. The number of benzene rings is 1. The van der Waals surface area contributed by atoms with Gasteiger partial charge in [-0.25, -0.2) is 4.98 Å². The molecule has 3 rings (SSSR count). The first-order valence-corrected chi connectivity index (χ1v) is 7.40. The lowest BCUT2D eigenvalue weighted by Crippen LogP contribution is -2.01. The summed E-state index contributed by atoms with van der Waals surface area (Å²) in [6, 6.07) is 3.82. The molecule has 0 aliphatic heterocycles. The van der Waals surface area contributed by atoms with E-state index in [9.17, 15) is 0 Å². The number of aromatic nitrogens is 2. The third kappa shape index (κ3) is 2.46. The van der Waals surface area contributed by atoms with Crippen molar-refractivity contribution in [2.75, 3.05) is 5.73 Å². The van der Waals surface area contributed by atoms with Crippen molar-refractivity contribution < 1.29 is 4.74 Å². The summed E-state index contributed by atoms with van der Waals surface area (Å²) in [7, 11) is 0. The molecule has 0 aliphatic carbocycles. The van der Waals surface area contributed by atoms with E-state index in [0.29, 0.717) is 12.3 Å². The smallest absolute Gasteiger partial charge is 0.193 e. The van der Waals surface area contributed by atoms with Crippen molar-refractivity contribution in [1.29, 1.82) is 0 Å². The lowest BCUT2D eigenvalue weighted by atomic mass is 10.2. The number of ether oxygens (including phenoxy) is 1. The van der Waals surface area contributed by atoms with Gasteiger partial charge in [-0.1, -0.05) is 15.9 Å². The summed E-state index contributed by atoms with van der Waals surface area (Å²) >= 11 is 5.01. The second-order valence-corrected chi connectivity index (χ2v) is 6.04. The van der Waals surface area contributed by atoms with E-state index in [1.165, 1.54) is 0 Å². The Morgan fingerprint density at radius 2 is 2.32 bits per heavy atom. The molecule has 4 nitrogen and oxygen atoms in total. The van der Waals surface area contributed by atoms with E-state index >= 15 is 0 Å². The molecule has 3 aromatic rings. The second kappa shape index (κ2) is 4.86. The van der Waals surface area contributed by atoms with Gasteiger partial charge in [0.25, 0.3) is 0 Å². The van der Waals surface area contributed by atoms with Gasteiger partial charge in [0, 0.05) is 22.2 Å². The zero-order chi connectivity index (χ0) is 13.4. The number of nitrogens with zero attached hydrogens (tertiary/aromatic N) is 2. The van der Waals surface area contributed by atoms with Gasteiger partial charge < -0.3 is 10.5 Å². The third-order valence-corrected chi connectivity index (χ3v) is 4.00. The van der Waals surface area contributed by atoms with Crippen molar-refractivity contribution in [3.63, 3.8) is 0 Å². The fourth-order valence-electron chi connectivity index (χ4n) is 1.94. The maximum Gasteiger partial charge on any atom is 0.193 e. The summed E-state index contributed by atoms with van der Waals surface area (Å²) < 4.78 is 8.73. The Morgan fingerprint density at radius 3 is 3.05 bits per heavy atom. The summed E-state index contributed by atoms with van der Waals surface area (Å²) in [4.78, 5) is 5.44. The van der Waals surface area contributed by atoms with Crippen LogP contribution in [0.25, 0.3) is 4.96 Å². The first-order valence-electron chi connectivity index (χ1n) is 5.73. The molecule has 2 heterocycles. The first-order chi connectivity index (χ1) is 9.13. The highest BCUT2D eigenvalue weighted by Crippen LogP contribution is 2.30. The van der Waals surface area contributed by atoms with Gasteiger partial charge in [0.05, 0.1) is 11.4 Å². The third-order valence-electron chi connectivity index (χ3n) is 2.78. The van der Waals surface area contributed by atoms with Crippen LogP contribution in [-0.2, 0) is 6.61 Å². The molecule has 98 valence electrons. The summed E-state index contributed by atoms with van der Waals surface area (Å²) in [5.41, 5.74) is 8.50. The predicted octanol–water partition coefficient (Wildman–Crippen LogP) is 3.63. The lowest BCUT2D eigenvalue weighted by molar-refractivity contribution is 0.301. The molecular formula is C13H12BrN3OS. The standard InChI is InChI=1S/C13H12BrN3OS/c1-8-4-9(14)5-11(15)12(8)18-7-10-6-17-2-3-19-13(17)16-10/h2-6H,7,15H2,1H3. The molecule has 0 amide bonds. The van der Waals surface area contributed by atoms with Gasteiger partial charge in [-0.2, -0.15) is 0 Å². The number of thiazole rings is 1. The van der Waals surface area contributed by atoms with Gasteiger partial charge in [-0.05, 0) is 24.6 Å². The Labute approximate surface area is 123 Å². The molecule has 6 heteroatoms. The molecule has 0 spiro atoms. The number of aryl methyl sites for hydroxylation is 1. The first kappa shape index (κ1) is 12.5. The summed E-state index contributed by atoms with van der Waals surface area (Å²) in [5.74, 6) is 0.722. The number of rotatable bonds is 3. The zero-order valence-corrected chi connectivity index (χ0v) is 12.7. The molecule has 0 saturated carbocycles. The van der Waals surface area contributed by atoms with Gasteiger partial charge in [0.2, 0.25) is 0 Å². The molecule has 0 radical (unpaired) electrons. The molecule has 0 fully saturated rings. The van der Waals surface area contributed by atoms with Crippen LogP contribution in [0.5, 0.6) is 5.75 Å². The minimum Gasteiger partial charge on any atom is -0.485 e. The quantitative estimate of drug-likeness (QED) is 0.742. The second-order valence-electron chi connectivity index (χ2n) is 4.25. The van der Waals surface area contributed by atoms with E-state index in [1.807, 2.05) is 41.2 Å². The number of halogens is 1. The Balaban J connectivity index is 1.81. The molecule has 1 aromatic carbocycles. The van der Waals surface area contributed by atoms with Crippen molar-refractivity contribution in [1.82, 2.24) is 9.38 Å². The van der Waals surface area contributed by atoms with Gasteiger partial charge in [0.1, 0.15) is 12.4 Å². The highest BCUT2D eigenvalue weighted by molar-refractivity contribution is 9.10.